The maximum atomic E-state index is 12.7. The van der Waals surface area contributed by atoms with Crippen molar-refractivity contribution in [2.75, 3.05) is 33.3 Å². The second-order valence-electron chi connectivity index (χ2n) is 8.33. The van der Waals surface area contributed by atoms with Gasteiger partial charge in [0.05, 0.1) is 6.61 Å². The smallest absolute Gasteiger partial charge is 0.251 e. The monoisotopic (exact) mass is 364 g/mol. The van der Waals surface area contributed by atoms with Crippen LogP contribution in [0, 0.1) is 11.8 Å². The number of likely N-dealkylation sites (tertiary alicyclic amines) is 1. The summed E-state index contributed by atoms with van der Waals surface area (Å²) in [5, 5.41) is 3.13. The minimum Gasteiger partial charge on any atom is -0.493 e. The van der Waals surface area contributed by atoms with Crippen molar-refractivity contribution in [2.24, 2.45) is 11.8 Å². The maximum absolute atomic E-state index is 12.7. The van der Waals surface area contributed by atoms with E-state index in [1.807, 2.05) is 18.2 Å². The molecule has 1 saturated heterocycles. The molecular formula is C23H28N2O2. The van der Waals surface area contributed by atoms with E-state index in [0.29, 0.717) is 24.4 Å². The van der Waals surface area contributed by atoms with E-state index in [1.165, 1.54) is 5.56 Å². The van der Waals surface area contributed by atoms with Gasteiger partial charge in [0.1, 0.15) is 5.75 Å². The van der Waals surface area contributed by atoms with Gasteiger partial charge in [-0.1, -0.05) is 38.1 Å². The Kier molecular flexibility index (Phi) is 4.92. The number of amides is 1. The summed E-state index contributed by atoms with van der Waals surface area (Å²) >= 11 is 0. The van der Waals surface area contributed by atoms with E-state index in [4.69, 9.17) is 4.74 Å². The first-order valence-corrected chi connectivity index (χ1v) is 9.85. The van der Waals surface area contributed by atoms with E-state index in [-0.39, 0.29) is 5.91 Å². The van der Waals surface area contributed by atoms with Gasteiger partial charge in [0, 0.05) is 31.1 Å². The lowest BCUT2D eigenvalue weighted by molar-refractivity contribution is 0.0951. The third-order valence-electron chi connectivity index (χ3n) is 5.60. The fourth-order valence-corrected chi connectivity index (χ4v) is 4.25. The average Bonchev–Trinajstić information content (AvgIpc) is 2.99. The number of ether oxygens (including phenoxy) is 1. The van der Waals surface area contributed by atoms with E-state index in [0.717, 1.165) is 42.1 Å². The molecule has 0 bridgehead atoms. The van der Waals surface area contributed by atoms with Crippen LogP contribution in [-0.2, 0) is 0 Å². The lowest BCUT2D eigenvalue weighted by atomic mass is 9.86. The third kappa shape index (κ3) is 3.72. The molecular weight excluding hydrogens is 336 g/mol. The topological polar surface area (TPSA) is 41.6 Å². The third-order valence-corrected chi connectivity index (χ3v) is 5.60. The van der Waals surface area contributed by atoms with Crippen molar-refractivity contribution in [2.45, 2.75) is 19.8 Å². The highest BCUT2D eigenvalue weighted by Crippen LogP contribution is 2.37. The number of nitrogens with zero attached hydrogens (tertiary/aromatic N) is 1. The highest BCUT2D eigenvalue weighted by molar-refractivity contribution is 5.97. The van der Waals surface area contributed by atoms with Crippen LogP contribution in [0.5, 0.6) is 5.75 Å². The molecule has 4 nitrogen and oxygen atoms in total. The van der Waals surface area contributed by atoms with Crippen molar-refractivity contribution >= 4 is 5.91 Å². The van der Waals surface area contributed by atoms with Crippen molar-refractivity contribution in [1.82, 2.24) is 10.2 Å². The number of nitrogens with one attached hydrogen (secondary N) is 1. The Hall–Kier alpha value is -2.33. The van der Waals surface area contributed by atoms with Crippen LogP contribution < -0.4 is 10.1 Å². The molecule has 1 fully saturated rings. The predicted molar refractivity (Wildman–Crippen MR) is 108 cm³/mol. The Morgan fingerprint density at radius 1 is 1.15 bits per heavy atom. The van der Waals surface area contributed by atoms with Gasteiger partial charge < -0.3 is 15.0 Å². The van der Waals surface area contributed by atoms with Crippen LogP contribution in [0.25, 0.3) is 11.1 Å². The van der Waals surface area contributed by atoms with Crippen LogP contribution >= 0.6 is 0 Å². The van der Waals surface area contributed by atoms with Gasteiger partial charge in [0.25, 0.3) is 5.91 Å². The summed E-state index contributed by atoms with van der Waals surface area (Å²) < 4.78 is 5.87. The predicted octanol–water partition coefficient (Wildman–Crippen LogP) is 3.78. The number of hydrogen-bond acceptors (Lipinski definition) is 3. The molecule has 0 radical (unpaired) electrons. The lowest BCUT2D eigenvalue weighted by Gasteiger charge is -2.17. The summed E-state index contributed by atoms with van der Waals surface area (Å²) in [5.41, 5.74) is 4.15. The molecule has 1 N–H and O–H groups in total. The SMILES string of the molecule is CC(C)COc1cccc(-c2ccc3c(c2)C(=O)NC[C@@H]2CN(C)C[C@@H]32)c1. The molecule has 2 aliphatic rings. The van der Waals surface area contributed by atoms with E-state index in [1.54, 1.807) is 0 Å². The quantitative estimate of drug-likeness (QED) is 0.898. The molecule has 0 aromatic heterocycles. The second kappa shape index (κ2) is 7.35. The maximum Gasteiger partial charge on any atom is 0.251 e. The largest absolute Gasteiger partial charge is 0.493 e. The lowest BCUT2D eigenvalue weighted by Crippen LogP contribution is -2.29. The Balaban J connectivity index is 1.67. The normalized spacial score (nSPS) is 22.1. The number of benzene rings is 2. The molecule has 2 atom stereocenters. The summed E-state index contributed by atoms with van der Waals surface area (Å²) in [4.78, 5) is 15.1. The molecule has 4 rings (SSSR count). The first-order valence-electron chi connectivity index (χ1n) is 9.85. The van der Waals surface area contributed by atoms with E-state index < -0.39 is 0 Å². The second-order valence-corrected chi connectivity index (χ2v) is 8.33. The molecule has 0 spiro atoms. The van der Waals surface area contributed by atoms with Gasteiger partial charge in [-0.3, -0.25) is 4.79 Å². The number of hydrogen-bond donors (Lipinski definition) is 1. The highest BCUT2D eigenvalue weighted by Gasteiger charge is 2.36. The van der Waals surface area contributed by atoms with Crippen LogP contribution in [0.2, 0.25) is 0 Å². The van der Waals surface area contributed by atoms with Crippen molar-refractivity contribution in [3.8, 4) is 16.9 Å². The molecule has 27 heavy (non-hydrogen) atoms. The van der Waals surface area contributed by atoms with E-state index in [2.05, 4.69) is 55.4 Å². The zero-order valence-electron chi connectivity index (χ0n) is 16.4. The summed E-state index contributed by atoms with van der Waals surface area (Å²) in [6.45, 7) is 7.81. The Morgan fingerprint density at radius 2 is 1.96 bits per heavy atom. The molecule has 142 valence electrons. The van der Waals surface area contributed by atoms with Crippen LogP contribution in [0.4, 0.5) is 0 Å². The molecule has 4 heteroatoms. The number of rotatable bonds is 4. The Morgan fingerprint density at radius 3 is 2.78 bits per heavy atom. The number of carbonyl (C=O) groups is 1. The average molecular weight is 364 g/mol. The number of likely N-dealkylation sites (N-methyl/N-ethyl adjacent to an activating group) is 1. The molecule has 0 aliphatic carbocycles. The first kappa shape index (κ1) is 18.1. The van der Waals surface area contributed by atoms with Crippen LogP contribution in [0.15, 0.2) is 42.5 Å². The van der Waals surface area contributed by atoms with Crippen molar-refractivity contribution in [3.63, 3.8) is 0 Å². The van der Waals surface area contributed by atoms with Gasteiger partial charge in [-0.25, -0.2) is 0 Å². The van der Waals surface area contributed by atoms with Gasteiger partial charge in [0.15, 0.2) is 0 Å². The molecule has 0 unspecified atom stereocenters. The summed E-state index contributed by atoms with van der Waals surface area (Å²) in [5.74, 6) is 2.34. The van der Waals surface area contributed by atoms with Gasteiger partial charge in [-0.05, 0) is 53.8 Å². The van der Waals surface area contributed by atoms with Crippen molar-refractivity contribution in [1.29, 1.82) is 0 Å². The molecule has 2 aromatic carbocycles. The van der Waals surface area contributed by atoms with E-state index >= 15 is 0 Å². The fraction of sp³-hybridized carbons (Fsp3) is 0.435. The molecule has 2 heterocycles. The minimum atomic E-state index is 0.0520. The first-order chi connectivity index (χ1) is 13.0. The molecule has 2 aromatic rings. The van der Waals surface area contributed by atoms with Crippen LogP contribution in [0.1, 0.15) is 35.7 Å². The van der Waals surface area contributed by atoms with Gasteiger partial charge in [0.2, 0.25) is 0 Å². The van der Waals surface area contributed by atoms with Crippen LogP contribution in [0.3, 0.4) is 0 Å². The number of carbonyl (C=O) groups excluding carboxylic acids is 1. The number of fused-ring (bicyclic) bond motifs is 3. The van der Waals surface area contributed by atoms with Crippen LogP contribution in [-0.4, -0.2) is 44.1 Å². The van der Waals surface area contributed by atoms with E-state index in [9.17, 15) is 4.79 Å². The van der Waals surface area contributed by atoms with Gasteiger partial charge in [-0.2, -0.15) is 0 Å². The Bertz CT molecular complexity index is 846. The summed E-state index contributed by atoms with van der Waals surface area (Å²) in [6.07, 6.45) is 0. The molecule has 0 saturated carbocycles. The highest BCUT2D eigenvalue weighted by atomic mass is 16.5. The molecule has 2 aliphatic heterocycles. The van der Waals surface area contributed by atoms with Gasteiger partial charge in [-0.15, -0.1) is 0 Å². The van der Waals surface area contributed by atoms with Gasteiger partial charge >= 0.3 is 0 Å². The summed E-state index contributed by atoms with van der Waals surface area (Å²) in [7, 11) is 2.16. The van der Waals surface area contributed by atoms with Crippen molar-refractivity contribution in [3.05, 3.63) is 53.6 Å². The van der Waals surface area contributed by atoms with Crippen molar-refractivity contribution < 1.29 is 9.53 Å². The molecule has 1 amide bonds. The fourth-order valence-electron chi connectivity index (χ4n) is 4.25. The standard InChI is InChI=1S/C23H28N2O2/c1-15(2)14-27-19-6-4-5-16(9-19)17-7-8-20-21(10-17)23(26)24-11-18-12-25(3)13-22(18)20/h4-10,15,18,22H,11-14H2,1-3H3,(H,24,26)/t18-,22-/m1/s1. The zero-order chi connectivity index (χ0) is 19.0. The Labute approximate surface area is 161 Å². The summed E-state index contributed by atoms with van der Waals surface area (Å²) in [6, 6.07) is 14.5. The zero-order valence-corrected chi connectivity index (χ0v) is 16.4. The minimum absolute atomic E-state index is 0.0520.